The van der Waals surface area contributed by atoms with Crippen LogP contribution in [-0.4, -0.2) is 58.2 Å². The molecule has 0 saturated carbocycles. The minimum absolute atomic E-state index is 0.0299. The van der Waals surface area contributed by atoms with E-state index in [0.717, 1.165) is 48.3 Å². The molecule has 0 bridgehead atoms. The van der Waals surface area contributed by atoms with Crippen LogP contribution in [0.25, 0.3) is 0 Å². The fourth-order valence-electron chi connectivity index (χ4n) is 5.24. The summed E-state index contributed by atoms with van der Waals surface area (Å²) in [7, 11) is 0.760. The highest BCUT2D eigenvalue weighted by Gasteiger charge is 2.32. The van der Waals surface area contributed by atoms with Gasteiger partial charge in [0.2, 0.25) is 0 Å². The maximum atomic E-state index is 13.0. The number of hydrogen-bond acceptors (Lipinski definition) is 5. The Hall–Kier alpha value is -3.37. The van der Waals surface area contributed by atoms with Gasteiger partial charge in [-0.1, -0.05) is 31.2 Å². The SMILES string of the molecule is CCS(=O)(=O)c1ccc(CNC(=O)c2ccc(N3CC(c4ccc(C(F)(F)F)cc4)CC[C@H]3CN(C)C)cc2)cc1. The molecule has 1 fully saturated rings. The summed E-state index contributed by atoms with van der Waals surface area (Å²) in [6, 6.07) is 19.6. The van der Waals surface area contributed by atoms with Crippen molar-refractivity contribution in [1.82, 2.24) is 10.2 Å². The second-order valence-electron chi connectivity index (χ2n) is 10.7. The normalized spacial score (nSPS) is 18.0. The monoisotopic (exact) mass is 587 g/mol. The van der Waals surface area contributed by atoms with Gasteiger partial charge >= 0.3 is 6.18 Å². The van der Waals surface area contributed by atoms with E-state index < -0.39 is 21.6 Å². The third-order valence-corrected chi connectivity index (χ3v) is 9.32. The zero-order valence-electron chi connectivity index (χ0n) is 23.5. The summed E-state index contributed by atoms with van der Waals surface area (Å²) in [5.41, 5.74) is 2.49. The van der Waals surface area contributed by atoms with E-state index in [0.29, 0.717) is 12.1 Å². The van der Waals surface area contributed by atoms with Crippen molar-refractivity contribution in [1.29, 1.82) is 0 Å². The van der Waals surface area contributed by atoms with Crippen molar-refractivity contribution in [3.8, 4) is 0 Å². The quantitative estimate of drug-likeness (QED) is 0.346. The molecule has 3 aromatic rings. The number of halogens is 3. The van der Waals surface area contributed by atoms with Gasteiger partial charge in [-0.25, -0.2) is 8.42 Å². The summed E-state index contributed by atoms with van der Waals surface area (Å²) in [6.07, 6.45) is -2.58. The zero-order chi connectivity index (χ0) is 29.8. The summed E-state index contributed by atoms with van der Waals surface area (Å²) < 4.78 is 63.1. The van der Waals surface area contributed by atoms with Gasteiger partial charge in [-0.05, 0) is 86.6 Å². The average molecular weight is 588 g/mol. The van der Waals surface area contributed by atoms with E-state index in [4.69, 9.17) is 0 Å². The topological polar surface area (TPSA) is 69.7 Å². The highest BCUT2D eigenvalue weighted by molar-refractivity contribution is 7.91. The molecular formula is C31H36F3N3O3S. The third-order valence-electron chi connectivity index (χ3n) is 7.57. The Labute approximate surface area is 240 Å². The molecule has 1 aliphatic rings. The molecule has 1 N–H and O–H groups in total. The summed E-state index contributed by atoms with van der Waals surface area (Å²) >= 11 is 0. The van der Waals surface area contributed by atoms with Crippen LogP contribution in [0.4, 0.5) is 18.9 Å². The number of piperidine rings is 1. The number of alkyl halides is 3. The van der Waals surface area contributed by atoms with Crippen molar-refractivity contribution < 1.29 is 26.4 Å². The average Bonchev–Trinajstić information content (AvgIpc) is 2.96. The Kier molecular flexibility index (Phi) is 9.44. The number of benzene rings is 3. The van der Waals surface area contributed by atoms with Gasteiger partial charge in [0.1, 0.15) is 0 Å². The molecule has 0 aromatic heterocycles. The summed E-state index contributed by atoms with van der Waals surface area (Å²) in [6.45, 7) is 3.36. The molecule has 1 aliphatic heterocycles. The van der Waals surface area contributed by atoms with Crippen LogP contribution in [0, 0.1) is 0 Å². The number of sulfone groups is 1. The van der Waals surface area contributed by atoms with Gasteiger partial charge in [-0.3, -0.25) is 4.79 Å². The summed E-state index contributed by atoms with van der Waals surface area (Å²) in [4.78, 5) is 17.5. The van der Waals surface area contributed by atoms with Crippen LogP contribution in [0.5, 0.6) is 0 Å². The molecule has 10 heteroatoms. The highest BCUT2D eigenvalue weighted by atomic mass is 32.2. The standard InChI is InChI=1S/C31H36F3N3O3S/c1-4-41(39,40)29-17-5-22(6-18-29)19-35-30(38)24-9-14-27(15-10-24)37-20-25(11-16-28(37)21-36(2)3)23-7-12-26(13-8-23)31(32,33)34/h5-10,12-15,17-18,25,28H,4,11,16,19-21H2,1-3H3,(H,35,38)/t25?,28-/m0/s1. The first-order valence-electron chi connectivity index (χ1n) is 13.7. The van der Waals surface area contributed by atoms with Crippen molar-refractivity contribution in [3.05, 3.63) is 95.1 Å². The van der Waals surface area contributed by atoms with Crippen LogP contribution < -0.4 is 10.2 Å². The maximum absolute atomic E-state index is 13.0. The molecule has 0 aliphatic carbocycles. The molecule has 3 aromatic carbocycles. The number of carbonyl (C=O) groups excluding carboxylic acids is 1. The molecular weight excluding hydrogens is 551 g/mol. The van der Waals surface area contributed by atoms with E-state index in [1.165, 1.54) is 0 Å². The smallest absolute Gasteiger partial charge is 0.367 e. The second-order valence-corrected chi connectivity index (χ2v) is 13.0. The van der Waals surface area contributed by atoms with E-state index in [2.05, 4.69) is 15.1 Å². The lowest BCUT2D eigenvalue weighted by atomic mass is 9.86. The van der Waals surface area contributed by atoms with Crippen molar-refractivity contribution in [3.63, 3.8) is 0 Å². The molecule has 1 unspecified atom stereocenters. The Balaban J connectivity index is 1.44. The third kappa shape index (κ3) is 7.68. The van der Waals surface area contributed by atoms with Crippen LogP contribution >= 0.6 is 0 Å². The first-order valence-corrected chi connectivity index (χ1v) is 15.3. The lowest BCUT2D eigenvalue weighted by Crippen LogP contribution is -2.47. The first-order chi connectivity index (χ1) is 19.4. The van der Waals surface area contributed by atoms with Crippen LogP contribution in [0.2, 0.25) is 0 Å². The van der Waals surface area contributed by atoms with Gasteiger partial charge in [0, 0.05) is 42.8 Å². The van der Waals surface area contributed by atoms with Gasteiger partial charge in [0.05, 0.1) is 16.2 Å². The Morgan fingerprint density at radius 1 is 0.951 bits per heavy atom. The molecule has 0 radical (unpaired) electrons. The molecule has 1 amide bonds. The van der Waals surface area contributed by atoms with Gasteiger partial charge < -0.3 is 15.1 Å². The number of carbonyl (C=O) groups is 1. The van der Waals surface area contributed by atoms with Crippen molar-refractivity contribution in [2.75, 3.05) is 37.8 Å². The van der Waals surface area contributed by atoms with Gasteiger partial charge in [0.25, 0.3) is 5.91 Å². The predicted molar refractivity (Wildman–Crippen MR) is 155 cm³/mol. The van der Waals surface area contributed by atoms with E-state index in [-0.39, 0.29) is 35.1 Å². The largest absolute Gasteiger partial charge is 0.416 e. The van der Waals surface area contributed by atoms with E-state index >= 15 is 0 Å². The fourth-order valence-corrected chi connectivity index (χ4v) is 6.13. The molecule has 0 spiro atoms. The number of hydrogen-bond donors (Lipinski definition) is 1. The van der Waals surface area contributed by atoms with E-state index in [1.807, 2.05) is 26.2 Å². The fraction of sp³-hybridized carbons (Fsp3) is 0.387. The highest BCUT2D eigenvalue weighted by Crippen LogP contribution is 2.36. The Morgan fingerprint density at radius 2 is 1.59 bits per heavy atom. The molecule has 4 rings (SSSR count). The predicted octanol–water partition coefficient (Wildman–Crippen LogP) is 5.74. The van der Waals surface area contributed by atoms with Crippen LogP contribution in [-0.2, 0) is 22.6 Å². The molecule has 1 saturated heterocycles. The van der Waals surface area contributed by atoms with Crippen LogP contribution in [0.3, 0.4) is 0 Å². The first kappa shape index (κ1) is 30.6. The zero-order valence-corrected chi connectivity index (χ0v) is 24.3. The maximum Gasteiger partial charge on any atom is 0.416 e. The second kappa shape index (κ2) is 12.7. The van der Waals surface area contributed by atoms with Crippen molar-refractivity contribution >= 4 is 21.4 Å². The van der Waals surface area contributed by atoms with Crippen molar-refractivity contribution in [2.24, 2.45) is 0 Å². The van der Waals surface area contributed by atoms with Gasteiger partial charge in [-0.2, -0.15) is 13.2 Å². The minimum atomic E-state index is -4.36. The van der Waals surface area contributed by atoms with Gasteiger partial charge in [0.15, 0.2) is 9.84 Å². The molecule has 6 nitrogen and oxygen atoms in total. The Morgan fingerprint density at radius 3 is 2.15 bits per heavy atom. The molecule has 1 heterocycles. The number of likely N-dealkylation sites (N-methyl/N-ethyl adjacent to an activating group) is 1. The molecule has 41 heavy (non-hydrogen) atoms. The lowest BCUT2D eigenvalue weighted by Gasteiger charge is -2.42. The molecule has 220 valence electrons. The summed E-state index contributed by atoms with van der Waals surface area (Å²) in [5.74, 6) is -0.118. The Bertz CT molecular complexity index is 1420. The number of anilines is 1. The number of rotatable bonds is 9. The van der Waals surface area contributed by atoms with Gasteiger partial charge in [-0.15, -0.1) is 0 Å². The van der Waals surface area contributed by atoms with Crippen molar-refractivity contribution in [2.45, 2.75) is 49.3 Å². The van der Waals surface area contributed by atoms with E-state index in [9.17, 15) is 26.4 Å². The number of nitrogens with one attached hydrogen (secondary N) is 1. The van der Waals surface area contributed by atoms with E-state index in [1.54, 1.807) is 55.5 Å². The summed E-state index contributed by atoms with van der Waals surface area (Å²) in [5, 5.41) is 2.88. The minimum Gasteiger partial charge on any atom is -0.367 e. The number of amides is 1. The van der Waals surface area contributed by atoms with Crippen LogP contribution in [0.1, 0.15) is 52.7 Å². The lowest BCUT2D eigenvalue weighted by molar-refractivity contribution is -0.137. The number of nitrogens with zero attached hydrogens (tertiary/aromatic N) is 2. The van der Waals surface area contributed by atoms with Crippen LogP contribution in [0.15, 0.2) is 77.7 Å². The molecule has 2 atom stereocenters.